The molecule has 0 atom stereocenters. The first-order chi connectivity index (χ1) is 10.1. The Morgan fingerprint density at radius 3 is 2.76 bits per heavy atom. The molecule has 1 aliphatic rings. The van der Waals surface area contributed by atoms with Gasteiger partial charge in [-0.2, -0.15) is 0 Å². The van der Waals surface area contributed by atoms with E-state index in [9.17, 15) is 14.9 Å². The van der Waals surface area contributed by atoms with E-state index >= 15 is 0 Å². The smallest absolute Gasteiger partial charge is 0.324 e. The minimum Gasteiger partial charge on any atom is -0.324 e. The summed E-state index contributed by atoms with van der Waals surface area (Å²) in [7, 11) is 0. The van der Waals surface area contributed by atoms with E-state index in [1.807, 2.05) is 0 Å². The van der Waals surface area contributed by atoms with Crippen molar-refractivity contribution >= 4 is 11.4 Å². The summed E-state index contributed by atoms with van der Waals surface area (Å²) in [5.41, 5.74) is 3.53. The molecule has 0 aliphatic heterocycles. The van der Waals surface area contributed by atoms with Gasteiger partial charge in [-0.05, 0) is 18.9 Å². The fraction of sp³-hybridized carbons (Fsp3) is 0.308. The summed E-state index contributed by atoms with van der Waals surface area (Å²) in [6.45, 7) is 0.236. The maximum atomic E-state index is 12.2. The van der Waals surface area contributed by atoms with Crippen molar-refractivity contribution in [3.8, 4) is 0 Å². The number of benzene rings is 1. The van der Waals surface area contributed by atoms with E-state index in [0.717, 1.165) is 12.8 Å². The van der Waals surface area contributed by atoms with Crippen molar-refractivity contribution in [3.05, 3.63) is 56.8 Å². The maximum Gasteiger partial charge on any atom is 0.328 e. The van der Waals surface area contributed by atoms with Crippen LogP contribution in [0.25, 0.3) is 0 Å². The molecule has 8 heteroatoms. The second kappa shape index (κ2) is 5.06. The molecule has 1 aromatic carbocycles. The molecule has 1 aliphatic carbocycles. The summed E-state index contributed by atoms with van der Waals surface area (Å²) in [5, 5.41) is 10.9. The molecule has 110 valence electrons. The van der Waals surface area contributed by atoms with E-state index in [4.69, 9.17) is 5.84 Å². The van der Waals surface area contributed by atoms with Crippen LogP contribution in [0.5, 0.6) is 0 Å². The Labute approximate surface area is 119 Å². The highest BCUT2D eigenvalue weighted by molar-refractivity contribution is 5.55. The quantitative estimate of drug-likeness (QED) is 0.489. The van der Waals surface area contributed by atoms with Gasteiger partial charge in [0.1, 0.15) is 0 Å². The van der Waals surface area contributed by atoms with Crippen molar-refractivity contribution in [2.45, 2.75) is 25.4 Å². The molecule has 1 heterocycles. The third-order valence-corrected chi connectivity index (χ3v) is 3.61. The van der Waals surface area contributed by atoms with Gasteiger partial charge in [-0.15, -0.1) is 0 Å². The summed E-state index contributed by atoms with van der Waals surface area (Å²) in [4.78, 5) is 22.6. The highest BCUT2D eigenvalue weighted by Gasteiger charge is 2.25. The lowest BCUT2D eigenvalue weighted by Gasteiger charge is -2.09. The minimum absolute atomic E-state index is 0.0290. The predicted molar refractivity (Wildman–Crippen MR) is 77.0 cm³/mol. The van der Waals surface area contributed by atoms with Crippen molar-refractivity contribution < 1.29 is 4.92 Å². The van der Waals surface area contributed by atoms with E-state index in [2.05, 4.69) is 5.43 Å². The molecule has 0 radical (unpaired) electrons. The Morgan fingerprint density at radius 1 is 1.38 bits per heavy atom. The summed E-state index contributed by atoms with van der Waals surface area (Å²) >= 11 is 0. The fourth-order valence-corrected chi connectivity index (χ4v) is 2.33. The van der Waals surface area contributed by atoms with E-state index in [0.29, 0.717) is 17.3 Å². The molecule has 3 rings (SSSR count). The number of imidazole rings is 1. The lowest BCUT2D eigenvalue weighted by Crippen LogP contribution is -2.24. The van der Waals surface area contributed by atoms with Gasteiger partial charge in [0, 0.05) is 36.1 Å². The van der Waals surface area contributed by atoms with E-state index in [-0.39, 0.29) is 17.9 Å². The number of nitrogens with one attached hydrogen (secondary N) is 1. The first-order valence-corrected chi connectivity index (χ1v) is 6.61. The number of nitrogens with two attached hydrogens (primary N) is 1. The van der Waals surface area contributed by atoms with E-state index in [1.54, 1.807) is 17.0 Å². The Kier molecular flexibility index (Phi) is 3.22. The van der Waals surface area contributed by atoms with Crippen molar-refractivity contribution in [1.29, 1.82) is 0 Å². The van der Waals surface area contributed by atoms with Gasteiger partial charge in [-0.3, -0.25) is 25.1 Å². The number of nitrogens with zero attached hydrogens (tertiary/aromatic N) is 3. The second-order valence-electron chi connectivity index (χ2n) is 5.09. The molecule has 2 aromatic rings. The largest absolute Gasteiger partial charge is 0.328 e. The van der Waals surface area contributed by atoms with Crippen molar-refractivity contribution in [2.24, 2.45) is 5.84 Å². The number of hydrogen-bond donors (Lipinski definition) is 2. The first kappa shape index (κ1) is 13.4. The zero-order chi connectivity index (χ0) is 15.0. The third kappa shape index (κ3) is 2.52. The lowest BCUT2D eigenvalue weighted by molar-refractivity contribution is -0.384. The summed E-state index contributed by atoms with van der Waals surface area (Å²) < 4.78 is 3.23. The topological polar surface area (TPSA) is 108 Å². The monoisotopic (exact) mass is 289 g/mol. The van der Waals surface area contributed by atoms with Crippen LogP contribution in [0.2, 0.25) is 0 Å². The molecule has 0 amide bonds. The zero-order valence-corrected chi connectivity index (χ0v) is 11.2. The van der Waals surface area contributed by atoms with Gasteiger partial charge < -0.3 is 5.43 Å². The van der Waals surface area contributed by atoms with Crippen LogP contribution in [-0.4, -0.2) is 14.1 Å². The molecule has 21 heavy (non-hydrogen) atoms. The summed E-state index contributed by atoms with van der Waals surface area (Å²) in [5.74, 6) is 5.42. The number of nitro benzene ring substituents is 1. The Bertz CT molecular complexity index is 745. The standard InChI is InChI=1S/C13H15N5O3/c14-15-12-4-3-11(18(20)21)7-9(12)8-16-5-6-17(13(16)19)10-1-2-10/h3-7,10,15H,1-2,8,14H2. The fourth-order valence-electron chi connectivity index (χ4n) is 2.33. The number of rotatable bonds is 5. The highest BCUT2D eigenvalue weighted by atomic mass is 16.6. The van der Waals surface area contributed by atoms with Crippen molar-refractivity contribution in [2.75, 3.05) is 5.43 Å². The SMILES string of the molecule is NNc1ccc([N+](=O)[O-])cc1Cn1ccn(C2CC2)c1=O. The van der Waals surface area contributed by atoms with Crippen LogP contribution < -0.4 is 17.0 Å². The first-order valence-electron chi connectivity index (χ1n) is 6.61. The Morgan fingerprint density at radius 2 is 2.14 bits per heavy atom. The van der Waals surface area contributed by atoms with Gasteiger partial charge in [0.2, 0.25) is 0 Å². The Hall–Kier alpha value is -2.61. The van der Waals surface area contributed by atoms with Crippen LogP contribution in [0.15, 0.2) is 35.4 Å². The number of hydrazine groups is 1. The van der Waals surface area contributed by atoms with Gasteiger partial charge in [0.15, 0.2) is 0 Å². The van der Waals surface area contributed by atoms with Crippen molar-refractivity contribution in [1.82, 2.24) is 9.13 Å². The van der Waals surface area contributed by atoms with Crippen LogP contribution >= 0.6 is 0 Å². The van der Waals surface area contributed by atoms with Gasteiger partial charge in [-0.25, -0.2) is 4.79 Å². The second-order valence-corrected chi connectivity index (χ2v) is 5.09. The third-order valence-electron chi connectivity index (χ3n) is 3.61. The van der Waals surface area contributed by atoms with Gasteiger partial charge >= 0.3 is 5.69 Å². The predicted octanol–water partition coefficient (Wildman–Crippen LogP) is 1.23. The molecule has 3 N–H and O–H groups in total. The average Bonchev–Trinajstić information content (AvgIpc) is 3.25. The Balaban J connectivity index is 1.94. The van der Waals surface area contributed by atoms with Crippen LogP contribution in [0, 0.1) is 10.1 Å². The number of non-ortho nitro benzene ring substituents is 1. The molecule has 0 unspecified atom stereocenters. The average molecular weight is 289 g/mol. The van der Waals surface area contributed by atoms with Crippen LogP contribution in [0.4, 0.5) is 11.4 Å². The van der Waals surface area contributed by atoms with Crippen molar-refractivity contribution in [3.63, 3.8) is 0 Å². The molecule has 1 fully saturated rings. The summed E-state index contributed by atoms with van der Waals surface area (Å²) in [6.07, 6.45) is 5.50. The van der Waals surface area contributed by atoms with Crippen LogP contribution in [-0.2, 0) is 6.54 Å². The molecule has 1 aromatic heterocycles. The van der Waals surface area contributed by atoms with E-state index < -0.39 is 4.92 Å². The molecular formula is C13H15N5O3. The van der Waals surface area contributed by atoms with Crippen LogP contribution in [0.3, 0.4) is 0 Å². The number of anilines is 1. The number of nitrogen functional groups attached to an aromatic ring is 1. The molecule has 8 nitrogen and oxygen atoms in total. The number of nitro groups is 1. The zero-order valence-electron chi connectivity index (χ0n) is 11.2. The highest BCUT2D eigenvalue weighted by Crippen LogP contribution is 2.33. The number of hydrogen-bond acceptors (Lipinski definition) is 5. The molecule has 1 saturated carbocycles. The lowest BCUT2D eigenvalue weighted by atomic mass is 10.1. The minimum atomic E-state index is -0.470. The maximum absolute atomic E-state index is 12.2. The molecular weight excluding hydrogens is 274 g/mol. The van der Waals surface area contributed by atoms with Gasteiger partial charge in [0.05, 0.1) is 17.2 Å². The molecule has 0 bridgehead atoms. The van der Waals surface area contributed by atoms with Crippen LogP contribution in [0.1, 0.15) is 24.4 Å². The molecule has 0 saturated heterocycles. The summed E-state index contributed by atoms with van der Waals surface area (Å²) in [6, 6.07) is 4.64. The molecule has 0 spiro atoms. The number of aromatic nitrogens is 2. The normalized spacial score (nSPS) is 14.1. The van der Waals surface area contributed by atoms with E-state index in [1.165, 1.54) is 22.8 Å². The van der Waals surface area contributed by atoms with Gasteiger partial charge in [0.25, 0.3) is 5.69 Å². The van der Waals surface area contributed by atoms with Gasteiger partial charge in [-0.1, -0.05) is 0 Å².